The highest BCUT2D eigenvalue weighted by Crippen LogP contribution is 2.54. The molecule has 1 N–H and O–H groups in total. The third kappa shape index (κ3) is 2.61. The summed E-state index contributed by atoms with van der Waals surface area (Å²) in [4.78, 5) is 0. The Hall–Kier alpha value is -2.01. The molecule has 0 aromatic heterocycles. The summed E-state index contributed by atoms with van der Waals surface area (Å²) in [5.74, 6) is -1.02. The van der Waals surface area contributed by atoms with Crippen LogP contribution >= 0.6 is 11.6 Å². The van der Waals surface area contributed by atoms with Crippen LogP contribution in [0.1, 0.15) is 35.1 Å². The lowest BCUT2D eigenvalue weighted by molar-refractivity contribution is -0.138. The molecule has 1 heterocycles. The molecule has 0 fully saturated rings. The Morgan fingerprint density at radius 3 is 2.56 bits per heavy atom. The van der Waals surface area contributed by atoms with Crippen LogP contribution in [-0.4, -0.2) is 0 Å². The average Bonchev–Trinajstić information content (AvgIpc) is 3.04. The second-order valence-corrected chi connectivity index (χ2v) is 6.79. The molecule has 0 unspecified atom stereocenters. The number of anilines is 1. The second-order valence-electron chi connectivity index (χ2n) is 6.38. The molecule has 4 rings (SSSR count). The van der Waals surface area contributed by atoms with E-state index >= 15 is 0 Å². The maximum Gasteiger partial charge on any atom is 0.416 e. The van der Waals surface area contributed by atoms with Gasteiger partial charge in [-0.3, -0.25) is 0 Å². The van der Waals surface area contributed by atoms with Crippen LogP contribution in [0, 0.1) is 11.7 Å². The standard InChI is InChI=1S/C19H14ClF4N/c20-14-9-8-13(19(22,23)24)16-10-5-3-6-11(10)17(25-18(14)16)12-4-1-2-7-15(12)21/h1-5,7-11,17,25H,6H2/t10-,11-,17+/m0/s1. The highest BCUT2D eigenvalue weighted by molar-refractivity contribution is 6.33. The average molecular weight is 368 g/mol. The van der Waals surface area contributed by atoms with Gasteiger partial charge in [0.15, 0.2) is 0 Å². The van der Waals surface area contributed by atoms with Crippen molar-refractivity contribution in [1.82, 2.24) is 0 Å². The minimum atomic E-state index is -4.47. The van der Waals surface area contributed by atoms with Gasteiger partial charge in [-0.1, -0.05) is 42.0 Å². The van der Waals surface area contributed by atoms with Crippen LogP contribution in [0.3, 0.4) is 0 Å². The summed E-state index contributed by atoms with van der Waals surface area (Å²) in [5.41, 5.74) is 0.164. The molecular weight excluding hydrogens is 354 g/mol. The monoisotopic (exact) mass is 367 g/mol. The van der Waals surface area contributed by atoms with E-state index in [1.807, 2.05) is 6.08 Å². The van der Waals surface area contributed by atoms with E-state index in [-0.39, 0.29) is 28.0 Å². The van der Waals surface area contributed by atoms with Crippen LogP contribution in [-0.2, 0) is 6.18 Å². The first-order chi connectivity index (χ1) is 11.9. The molecule has 1 aliphatic heterocycles. The second kappa shape index (κ2) is 5.77. The van der Waals surface area contributed by atoms with Gasteiger partial charge in [0, 0.05) is 11.5 Å². The third-order valence-corrected chi connectivity index (χ3v) is 5.33. The van der Waals surface area contributed by atoms with Gasteiger partial charge in [-0.05, 0) is 36.1 Å². The van der Waals surface area contributed by atoms with Crippen molar-refractivity contribution in [2.24, 2.45) is 5.92 Å². The van der Waals surface area contributed by atoms with E-state index in [2.05, 4.69) is 5.32 Å². The maximum absolute atomic E-state index is 14.3. The molecule has 0 amide bonds. The van der Waals surface area contributed by atoms with E-state index < -0.39 is 23.7 Å². The van der Waals surface area contributed by atoms with Crippen LogP contribution in [0.2, 0.25) is 5.02 Å². The number of halogens is 5. The Kier molecular flexibility index (Phi) is 3.80. The third-order valence-electron chi connectivity index (χ3n) is 5.01. The summed E-state index contributed by atoms with van der Waals surface area (Å²) in [6.45, 7) is 0. The largest absolute Gasteiger partial charge is 0.416 e. The summed E-state index contributed by atoms with van der Waals surface area (Å²) in [6.07, 6.45) is -0.243. The molecule has 25 heavy (non-hydrogen) atoms. The predicted molar refractivity (Wildman–Crippen MR) is 89.2 cm³/mol. The SMILES string of the molecule is Fc1ccccc1[C@@H]1Nc2c(Cl)ccc(C(F)(F)F)c2[C@H]2C=CC[C@@H]21. The number of rotatable bonds is 1. The molecule has 2 aromatic rings. The number of alkyl halides is 3. The first-order valence-electron chi connectivity index (χ1n) is 7.95. The van der Waals surface area contributed by atoms with Crippen molar-refractivity contribution >= 4 is 17.3 Å². The van der Waals surface area contributed by atoms with Crippen molar-refractivity contribution in [1.29, 1.82) is 0 Å². The van der Waals surface area contributed by atoms with E-state index in [4.69, 9.17) is 11.6 Å². The number of benzene rings is 2. The summed E-state index contributed by atoms with van der Waals surface area (Å²) in [7, 11) is 0. The Morgan fingerprint density at radius 1 is 1.08 bits per heavy atom. The van der Waals surface area contributed by atoms with Gasteiger partial charge in [-0.2, -0.15) is 13.2 Å². The topological polar surface area (TPSA) is 12.0 Å². The minimum Gasteiger partial charge on any atom is -0.376 e. The summed E-state index contributed by atoms with van der Waals surface area (Å²) >= 11 is 6.20. The lowest BCUT2D eigenvalue weighted by atomic mass is 9.75. The van der Waals surface area contributed by atoms with E-state index in [0.29, 0.717) is 12.0 Å². The van der Waals surface area contributed by atoms with Gasteiger partial charge in [0.25, 0.3) is 0 Å². The van der Waals surface area contributed by atoms with Crippen LogP contribution in [0.5, 0.6) is 0 Å². The summed E-state index contributed by atoms with van der Waals surface area (Å²) < 4.78 is 54.8. The van der Waals surface area contributed by atoms with Gasteiger partial charge in [0.05, 0.1) is 22.3 Å². The highest BCUT2D eigenvalue weighted by Gasteiger charge is 2.45. The van der Waals surface area contributed by atoms with E-state index in [1.165, 1.54) is 12.1 Å². The molecule has 0 radical (unpaired) electrons. The number of hydrogen-bond donors (Lipinski definition) is 1. The minimum absolute atomic E-state index is 0.159. The van der Waals surface area contributed by atoms with Gasteiger partial charge in [-0.25, -0.2) is 4.39 Å². The van der Waals surface area contributed by atoms with Crippen molar-refractivity contribution in [3.8, 4) is 0 Å². The fraction of sp³-hybridized carbons (Fsp3) is 0.263. The molecule has 2 aromatic carbocycles. The van der Waals surface area contributed by atoms with E-state index in [1.54, 1.807) is 24.3 Å². The molecule has 0 saturated heterocycles. The fourth-order valence-corrected chi connectivity index (χ4v) is 4.18. The maximum atomic E-state index is 14.3. The zero-order valence-corrected chi connectivity index (χ0v) is 13.7. The molecule has 3 atom stereocenters. The Balaban J connectivity index is 1.90. The summed E-state index contributed by atoms with van der Waals surface area (Å²) in [6, 6.07) is 8.17. The van der Waals surface area contributed by atoms with Gasteiger partial charge in [0.2, 0.25) is 0 Å². The lowest BCUT2D eigenvalue weighted by Gasteiger charge is -2.39. The van der Waals surface area contributed by atoms with Crippen molar-refractivity contribution in [2.75, 3.05) is 5.32 Å². The summed E-state index contributed by atoms with van der Waals surface area (Å²) in [5, 5.41) is 3.31. The van der Waals surface area contributed by atoms with Gasteiger partial charge < -0.3 is 5.32 Å². The van der Waals surface area contributed by atoms with E-state index in [0.717, 1.165) is 6.07 Å². The van der Waals surface area contributed by atoms with Crippen LogP contribution in [0.25, 0.3) is 0 Å². The lowest BCUT2D eigenvalue weighted by Crippen LogP contribution is -2.31. The molecular formula is C19H14ClF4N. The van der Waals surface area contributed by atoms with Crippen molar-refractivity contribution in [3.63, 3.8) is 0 Å². The predicted octanol–water partition coefficient (Wildman–Crippen LogP) is 6.32. The zero-order valence-electron chi connectivity index (χ0n) is 12.9. The molecule has 1 aliphatic carbocycles. The Morgan fingerprint density at radius 2 is 1.84 bits per heavy atom. The van der Waals surface area contributed by atoms with Crippen LogP contribution < -0.4 is 5.32 Å². The zero-order chi connectivity index (χ0) is 17.8. The first-order valence-corrected chi connectivity index (χ1v) is 8.33. The van der Waals surface area contributed by atoms with E-state index in [9.17, 15) is 17.6 Å². The van der Waals surface area contributed by atoms with Gasteiger partial charge >= 0.3 is 6.18 Å². The van der Waals surface area contributed by atoms with Crippen molar-refractivity contribution in [2.45, 2.75) is 24.6 Å². The number of nitrogens with one attached hydrogen (secondary N) is 1. The van der Waals surface area contributed by atoms with Gasteiger partial charge in [0.1, 0.15) is 5.82 Å². The number of allylic oxidation sites excluding steroid dienone is 2. The number of hydrogen-bond acceptors (Lipinski definition) is 1. The van der Waals surface area contributed by atoms with Crippen molar-refractivity contribution in [3.05, 3.63) is 76.1 Å². The fourth-order valence-electron chi connectivity index (χ4n) is 3.96. The Labute approximate surface area is 147 Å². The van der Waals surface area contributed by atoms with Crippen LogP contribution in [0.15, 0.2) is 48.6 Å². The smallest absolute Gasteiger partial charge is 0.376 e. The molecule has 1 nitrogen and oxygen atoms in total. The van der Waals surface area contributed by atoms with Crippen molar-refractivity contribution < 1.29 is 17.6 Å². The van der Waals surface area contributed by atoms with Crippen LogP contribution in [0.4, 0.5) is 23.2 Å². The normalized spacial score (nSPS) is 24.6. The molecule has 0 saturated carbocycles. The quantitative estimate of drug-likeness (QED) is 0.459. The highest BCUT2D eigenvalue weighted by atomic mass is 35.5. The molecule has 0 spiro atoms. The van der Waals surface area contributed by atoms with Gasteiger partial charge in [-0.15, -0.1) is 0 Å². The number of fused-ring (bicyclic) bond motifs is 3. The molecule has 130 valence electrons. The molecule has 0 bridgehead atoms. The molecule has 2 aliphatic rings. The molecule has 6 heteroatoms. The Bertz CT molecular complexity index is 859. The first kappa shape index (κ1) is 16.5.